The Balaban J connectivity index is 1.58. The molecule has 2 aromatic rings. The van der Waals surface area contributed by atoms with Gasteiger partial charge in [0.15, 0.2) is 9.84 Å². The number of amides is 1. The largest absolute Gasteiger partial charge is 0.411 e. The molecule has 1 atom stereocenters. The van der Waals surface area contributed by atoms with Gasteiger partial charge in [-0.3, -0.25) is 4.79 Å². The van der Waals surface area contributed by atoms with Crippen molar-refractivity contribution in [3.05, 3.63) is 29.8 Å². The van der Waals surface area contributed by atoms with Crippen molar-refractivity contribution in [1.29, 1.82) is 0 Å². The van der Waals surface area contributed by atoms with Crippen LogP contribution in [-0.4, -0.2) is 59.8 Å². The molecule has 0 unspecified atom stereocenters. The highest BCUT2D eigenvalue weighted by atomic mass is 32.2. The highest BCUT2D eigenvalue weighted by Gasteiger charge is 2.32. The van der Waals surface area contributed by atoms with Crippen molar-refractivity contribution in [1.82, 2.24) is 15.1 Å². The number of benzene rings is 1. The van der Waals surface area contributed by atoms with Gasteiger partial charge in [0.2, 0.25) is 11.8 Å². The number of nitrogens with zero attached hydrogens (tertiary/aromatic N) is 3. The molecule has 0 bridgehead atoms. The zero-order chi connectivity index (χ0) is 18.0. The van der Waals surface area contributed by atoms with Crippen LogP contribution in [-0.2, 0) is 14.6 Å². The first-order valence-electron chi connectivity index (χ1n) is 7.83. The molecule has 9 heteroatoms. The van der Waals surface area contributed by atoms with E-state index in [4.69, 9.17) is 4.42 Å². The number of sulfone groups is 1. The molecule has 7 nitrogen and oxygen atoms in total. The van der Waals surface area contributed by atoms with Crippen LogP contribution in [0.1, 0.15) is 12.0 Å². The highest BCUT2D eigenvalue weighted by molar-refractivity contribution is 7.99. The lowest BCUT2D eigenvalue weighted by molar-refractivity contribution is -0.128. The molecule has 1 aromatic heterocycles. The van der Waals surface area contributed by atoms with E-state index in [0.717, 1.165) is 22.9 Å². The Bertz CT molecular complexity index is 879. The third kappa shape index (κ3) is 4.40. The van der Waals surface area contributed by atoms with E-state index in [0.29, 0.717) is 17.5 Å². The lowest BCUT2D eigenvalue weighted by Crippen LogP contribution is -2.38. The van der Waals surface area contributed by atoms with Crippen LogP contribution < -0.4 is 0 Å². The minimum absolute atomic E-state index is 0.0397. The predicted molar refractivity (Wildman–Crippen MR) is 95.0 cm³/mol. The van der Waals surface area contributed by atoms with Crippen LogP contribution in [0.5, 0.6) is 0 Å². The van der Waals surface area contributed by atoms with Gasteiger partial charge in [-0.1, -0.05) is 29.5 Å². The topological polar surface area (TPSA) is 93.4 Å². The van der Waals surface area contributed by atoms with Crippen LogP contribution in [0, 0.1) is 6.92 Å². The molecular formula is C16H19N3O4S2. The molecule has 1 aliphatic heterocycles. The van der Waals surface area contributed by atoms with Gasteiger partial charge in [-0.15, -0.1) is 10.2 Å². The predicted octanol–water partition coefficient (Wildman–Crippen LogP) is 1.78. The molecule has 1 fully saturated rings. The molecule has 0 N–H and O–H groups in total. The summed E-state index contributed by atoms with van der Waals surface area (Å²) in [4.78, 5) is 13.8. The molecule has 0 saturated carbocycles. The molecule has 3 rings (SSSR count). The maximum Gasteiger partial charge on any atom is 0.277 e. The Morgan fingerprint density at radius 1 is 1.40 bits per heavy atom. The maximum atomic E-state index is 12.3. The fraction of sp³-hybridized carbons (Fsp3) is 0.438. The first kappa shape index (κ1) is 17.9. The van der Waals surface area contributed by atoms with E-state index >= 15 is 0 Å². The molecule has 1 saturated heterocycles. The minimum Gasteiger partial charge on any atom is -0.411 e. The summed E-state index contributed by atoms with van der Waals surface area (Å²) in [7, 11) is -1.37. The van der Waals surface area contributed by atoms with Crippen molar-refractivity contribution in [2.45, 2.75) is 24.6 Å². The monoisotopic (exact) mass is 381 g/mol. The lowest BCUT2D eigenvalue weighted by Gasteiger charge is -2.22. The molecule has 134 valence electrons. The number of aryl methyl sites for hydroxylation is 1. The highest BCUT2D eigenvalue weighted by Crippen LogP contribution is 2.24. The van der Waals surface area contributed by atoms with Gasteiger partial charge in [0, 0.05) is 18.7 Å². The molecule has 0 radical (unpaired) electrons. The molecule has 0 spiro atoms. The van der Waals surface area contributed by atoms with E-state index in [1.54, 1.807) is 7.05 Å². The number of hydrogen-bond acceptors (Lipinski definition) is 7. The number of thioether (sulfide) groups is 1. The average molecular weight is 381 g/mol. The zero-order valence-corrected chi connectivity index (χ0v) is 15.6. The summed E-state index contributed by atoms with van der Waals surface area (Å²) in [6, 6.07) is 7.47. The van der Waals surface area contributed by atoms with Crippen LogP contribution in [0.3, 0.4) is 0 Å². The number of hydrogen-bond donors (Lipinski definition) is 0. The third-order valence-electron chi connectivity index (χ3n) is 4.14. The van der Waals surface area contributed by atoms with Gasteiger partial charge in [0.25, 0.3) is 5.22 Å². The standard InChI is InChI=1S/C16H19N3O4S2/c1-11-4-3-5-12(8-11)15-17-18-16(23-15)24-9-14(20)19(2)13-6-7-25(21,22)10-13/h3-5,8,13H,6-7,9-10H2,1-2H3/t13-/m1/s1. The third-order valence-corrected chi connectivity index (χ3v) is 6.69. The number of carbonyl (C=O) groups excluding carboxylic acids is 1. The Morgan fingerprint density at radius 3 is 2.88 bits per heavy atom. The fourth-order valence-corrected chi connectivity index (χ4v) is 5.13. The van der Waals surface area contributed by atoms with Crippen molar-refractivity contribution in [3.63, 3.8) is 0 Å². The van der Waals surface area contributed by atoms with Gasteiger partial charge in [0.05, 0.1) is 17.3 Å². The second-order valence-electron chi connectivity index (χ2n) is 6.09. The molecule has 2 heterocycles. The van der Waals surface area contributed by atoms with Gasteiger partial charge < -0.3 is 9.32 Å². The molecule has 1 aliphatic rings. The lowest BCUT2D eigenvalue weighted by atomic mass is 10.1. The van der Waals surface area contributed by atoms with E-state index in [2.05, 4.69) is 10.2 Å². The van der Waals surface area contributed by atoms with Gasteiger partial charge in [0.1, 0.15) is 0 Å². The zero-order valence-electron chi connectivity index (χ0n) is 14.0. The van der Waals surface area contributed by atoms with Crippen molar-refractivity contribution >= 4 is 27.5 Å². The van der Waals surface area contributed by atoms with Crippen molar-refractivity contribution in [3.8, 4) is 11.5 Å². The summed E-state index contributed by atoms with van der Waals surface area (Å²) in [5.41, 5.74) is 1.92. The van der Waals surface area contributed by atoms with Gasteiger partial charge >= 0.3 is 0 Å². The van der Waals surface area contributed by atoms with Crippen LogP contribution in [0.4, 0.5) is 0 Å². The van der Waals surface area contributed by atoms with Gasteiger partial charge in [-0.05, 0) is 25.5 Å². The maximum absolute atomic E-state index is 12.3. The molecular weight excluding hydrogens is 362 g/mol. The van der Waals surface area contributed by atoms with Crippen LogP contribution in [0.25, 0.3) is 11.5 Å². The van der Waals surface area contributed by atoms with Crippen LogP contribution in [0.2, 0.25) is 0 Å². The first-order valence-corrected chi connectivity index (χ1v) is 10.6. The first-order chi connectivity index (χ1) is 11.8. The summed E-state index contributed by atoms with van der Waals surface area (Å²) >= 11 is 1.15. The number of aromatic nitrogens is 2. The Hall–Kier alpha value is -1.87. The van der Waals surface area contributed by atoms with Crippen molar-refractivity contribution < 1.29 is 17.6 Å². The Kier molecular flexibility index (Phi) is 5.14. The summed E-state index contributed by atoms with van der Waals surface area (Å²) < 4.78 is 28.7. The minimum atomic E-state index is -3.01. The number of rotatable bonds is 5. The second-order valence-corrected chi connectivity index (χ2v) is 9.25. The SMILES string of the molecule is Cc1cccc(-c2nnc(SCC(=O)N(C)[C@@H]3CCS(=O)(=O)C3)o2)c1. The molecule has 25 heavy (non-hydrogen) atoms. The summed E-state index contributed by atoms with van der Waals surface area (Å²) in [5.74, 6) is 0.572. The van der Waals surface area contributed by atoms with E-state index in [1.807, 2.05) is 31.2 Å². The quantitative estimate of drug-likeness (QED) is 0.729. The molecule has 1 aromatic carbocycles. The van der Waals surface area contributed by atoms with Gasteiger partial charge in [-0.25, -0.2) is 8.42 Å². The molecule has 1 amide bonds. The summed E-state index contributed by atoms with van der Waals surface area (Å²) in [6.45, 7) is 1.98. The average Bonchev–Trinajstić information content (AvgIpc) is 3.18. The van der Waals surface area contributed by atoms with E-state index in [-0.39, 0.29) is 29.2 Å². The van der Waals surface area contributed by atoms with E-state index in [9.17, 15) is 13.2 Å². The van der Waals surface area contributed by atoms with Crippen LogP contribution >= 0.6 is 11.8 Å². The second kappa shape index (κ2) is 7.17. The fourth-order valence-electron chi connectivity index (χ4n) is 2.67. The van der Waals surface area contributed by atoms with E-state index < -0.39 is 9.84 Å². The van der Waals surface area contributed by atoms with Gasteiger partial charge in [-0.2, -0.15) is 0 Å². The smallest absolute Gasteiger partial charge is 0.277 e. The van der Waals surface area contributed by atoms with Crippen LogP contribution in [0.15, 0.2) is 33.9 Å². The molecule has 0 aliphatic carbocycles. The van der Waals surface area contributed by atoms with Crippen molar-refractivity contribution in [2.24, 2.45) is 0 Å². The Labute approximate surface area is 150 Å². The van der Waals surface area contributed by atoms with Crippen molar-refractivity contribution in [2.75, 3.05) is 24.3 Å². The normalized spacial score (nSPS) is 19.0. The summed E-state index contributed by atoms with van der Waals surface area (Å²) in [5, 5.41) is 8.28. The number of carbonyl (C=O) groups is 1. The van der Waals surface area contributed by atoms with E-state index in [1.165, 1.54) is 4.90 Å². The Morgan fingerprint density at radius 2 is 2.20 bits per heavy atom. The summed E-state index contributed by atoms with van der Waals surface area (Å²) in [6.07, 6.45) is 0.493.